The van der Waals surface area contributed by atoms with E-state index in [0.717, 1.165) is 15.6 Å². The summed E-state index contributed by atoms with van der Waals surface area (Å²) in [7, 11) is -4.05. The normalized spacial score (nSPS) is 11.7. The van der Waals surface area contributed by atoms with Gasteiger partial charge in [-0.05, 0) is 54.4 Å². The van der Waals surface area contributed by atoms with Gasteiger partial charge in [-0.3, -0.25) is 0 Å². The van der Waals surface area contributed by atoms with Gasteiger partial charge in [0.15, 0.2) is 0 Å². The SMILES string of the molecule is [CH2]c1cc(-c2ccc(F)cc2F)n(S(=O)(=O)c2cccc(-c3ccoc3)c2)c1. The zero-order valence-corrected chi connectivity index (χ0v) is 15.3. The molecule has 0 bridgehead atoms. The van der Waals surface area contributed by atoms with Crippen molar-refractivity contribution in [1.29, 1.82) is 0 Å². The first-order valence-corrected chi connectivity index (χ1v) is 9.68. The van der Waals surface area contributed by atoms with Crippen LogP contribution in [0.1, 0.15) is 5.56 Å². The number of halogens is 2. The molecule has 2 aromatic heterocycles. The lowest BCUT2D eigenvalue weighted by Crippen LogP contribution is -2.13. The molecule has 28 heavy (non-hydrogen) atoms. The molecule has 4 aromatic rings. The Labute approximate surface area is 160 Å². The van der Waals surface area contributed by atoms with Crippen molar-refractivity contribution >= 4 is 10.0 Å². The van der Waals surface area contributed by atoms with Crippen LogP contribution in [-0.2, 0) is 10.0 Å². The number of hydrogen-bond donors (Lipinski definition) is 0. The Balaban J connectivity index is 1.87. The Morgan fingerprint density at radius 1 is 0.964 bits per heavy atom. The highest BCUT2D eigenvalue weighted by atomic mass is 32.2. The summed E-state index contributed by atoms with van der Waals surface area (Å²) in [5.41, 5.74) is 1.80. The highest BCUT2D eigenvalue weighted by Gasteiger charge is 2.23. The molecule has 0 saturated carbocycles. The molecule has 0 aliphatic carbocycles. The largest absolute Gasteiger partial charge is 0.472 e. The number of benzene rings is 2. The molecule has 1 radical (unpaired) electrons. The van der Waals surface area contributed by atoms with Gasteiger partial charge in [-0.25, -0.2) is 21.2 Å². The Hall–Kier alpha value is -3.19. The maximum atomic E-state index is 14.3. The molecule has 0 saturated heterocycles. The molecule has 0 aliphatic heterocycles. The Morgan fingerprint density at radius 2 is 1.79 bits per heavy atom. The van der Waals surface area contributed by atoms with E-state index in [1.54, 1.807) is 18.2 Å². The lowest BCUT2D eigenvalue weighted by Gasteiger charge is -2.12. The van der Waals surface area contributed by atoms with Gasteiger partial charge in [0.05, 0.1) is 23.1 Å². The monoisotopic (exact) mass is 398 g/mol. The van der Waals surface area contributed by atoms with Gasteiger partial charge in [-0.1, -0.05) is 12.1 Å². The maximum Gasteiger partial charge on any atom is 0.268 e. The van der Waals surface area contributed by atoms with Gasteiger partial charge in [-0.15, -0.1) is 0 Å². The Bertz CT molecular complexity index is 1260. The second kappa shape index (κ2) is 6.76. The van der Waals surface area contributed by atoms with Crippen molar-refractivity contribution in [1.82, 2.24) is 3.97 Å². The first-order chi connectivity index (χ1) is 13.4. The van der Waals surface area contributed by atoms with Crippen molar-refractivity contribution < 1.29 is 21.6 Å². The van der Waals surface area contributed by atoms with Crippen molar-refractivity contribution in [3.05, 3.63) is 97.4 Å². The molecule has 0 spiro atoms. The molecule has 0 unspecified atom stereocenters. The van der Waals surface area contributed by atoms with E-state index < -0.39 is 21.7 Å². The second-order valence-corrected chi connectivity index (χ2v) is 8.01. The molecular formula is C21H14F2NO3S. The smallest absolute Gasteiger partial charge is 0.268 e. The third-order valence-electron chi connectivity index (χ3n) is 4.30. The topological polar surface area (TPSA) is 52.2 Å². The van der Waals surface area contributed by atoms with Gasteiger partial charge in [0.25, 0.3) is 10.0 Å². The van der Waals surface area contributed by atoms with Gasteiger partial charge < -0.3 is 4.42 Å². The number of aromatic nitrogens is 1. The van der Waals surface area contributed by atoms with E-state index in [-0.39, 0.29) is 16.2 Å². The molecule has 2 aromatic carbocycles. The summed E-state index contributed by atoms with van der Waals surface area (Å²) in [5, 5.41) is 0. The Kier molecular flexibility index (Phi) is 4.39. The van der Waals surface area contributed by atoms with Gasteiger partial charge in [0, 0.05) is 23.4 Å². The van der Waals surface area contributed by atoms with E-state index in [1.165, 1.54) is 43.0 Å². The van der Waals surface area contributed by atoms with Crippen LogP contribution < -0.4 is 0 Å². The van der Waals surface area contributed by atoms with Gasteiger partial charge in [0.2, 0.25) is 0 Å². The lowest BCUT2D eigenvalue weighted by molar-refractivity contribution is 0.568. The van der Waals surface area contributed by atoms with Crippen molar-refractivity contribution in [3.8, 4) is 22.4 Å². The highest BCUT2D eigenvalue weighted by Crippen LogP contribution is 2.30. The first kappa shape index (κ1) is 18.2. The molecular weight excluding hydrogens is 384 g/mol. The van der Waals surface area contributed by atoms with E-state index >= 15 is 0 Å². The maximum absolute atomic E-state index is 14.3. The first-order valence-electron chi connectivity index (χ1n) is 8.24. The predicted molar refractivity (Wildman–Crippen MR) is 101 cm³/mol. The van der Waals surface area contributed by atoms with Crippen LogP contribution in [-0.4, -0.2) is 12.4 Å². The second-order valence-electron chi connectivity index (χ2n) is 6.20. The van der Waals surface area contributed by atoms with E-state index in [2.05, 4.69) is 6.92 Å². The summed E-state index contributed by atoms with van der Waals surface area (Å²) in [6.07, 6.45) is 4.31. The van der Waals surface area contributed by atoms with E-state index in [9.17, 15) is 17.2 Å². The van der Waals surface area contributed by atoms with Crippen molar-refractivity contribution in [3.63, 3.8) is 0 Å². The molecule has 4 nitrogen and oxygen atoms in total. The average molecular weight is 398 g/mol. The van der Waals surface area contributed by atoms with E-state index in [0.29, 0.717) is 17.2 Å². The fourth-order valence-electron chi connectivity index (χ4n) is 2.97. The van der Waals surface area contributed by atoms with Crippen molar-refractivity contribution in [2.45, 2.75) is 4.90 Å². The highest BCUT2D eigenvalue weighted by molar-refractivity contribution is 7.90. The lowest BCUT2D eigenvalue weighted by atomic mass is 10.1. The summed E-state index contributed by atoms with van der Waals surface area (Å²) >= 11 is 0. The van der Waals surface area contributed by atoms with Crippen molar-refractivity contribution in [2.24, 2.45) is 0 Å². The molecule has 7 heteroatoms. The van der Waals surface area contributed by atoms with Gasteiger partial charge in [-0.2, -0.15) is 0 Å². The van der Waals surface area contributed by atoms with Gasteiger partial charge >= 0.3 is 0 Å². The minimum atomic E-state index is -4.05. The van der Waals surface area contributed by atoms with Crippen LogP contribution in [0.15, 0.2) is 82.6 Å². The Morgan fingerprint density at radius 3 is 2.50 bits per heavy atom. The molecule has 4 rings (SSSR count). The van der Waals surface area contributed by atoms with E-state index in [4.69, 9.17) is 4.42 Å². The van der Waals surface area contributed by atoms with Crippen LogP contribution in [0.4, 0.5) is 8.78 Å². The summed E-state index contributed by atoms with van der Waals surface area (Å²) in [5.74, 6) is -1.61. The fraction of sp³-hybridized carbons (Fsp3) is 0. The number of rotatable bonds is 4. The number of hydrogen-bond acceptors (Lipinski definition) is 3. The van der Waals surface area contributed by atoms with Crippen LogP contribution in [0.5, 0.6) is 0 Å². The van der Waals surface area contributed by atoms with Crippen LogP contribution in [0.25, 0.3) is 22.4 Å². The standard InChI is InChI=1S/C21H14F2NO3S/c1-14-9-21(19-6-5-17(22)11-20(19)23)24(12-14)28(25,26)18-4-2-3-15(10-18)16-7-8-27-13-16/h2-13H,1H2. The number of furan rings is 1. The van der Waals surface area contributed by atoms with Crippen LogP contribution >= 0.6 is 0 Å². The molecule has 0 aliphatic rings. The quantitative estimate of drug-likeness (QED) is 0.480. The van der Waals surface area contributed by atoms with E-state index in [1.807, 2.05) is 0 Å². The third-order valence-corrected chi connectivity index (χ3v) is 5.96. The minimum Gasteiger partial charge on any atom is -0.472 e. The predicted octanol–water partition coefficient (Wildman–Crippen LogP) is 5.11. The molecule has 141 valence electrons. The van der Waals surface area contributed by atoms with Crippen LogP contribution in [0.3, 0.4) is 0 Å². The van der Waals surface area contributed by atoms with Crippen LogP contribution in [0.2, 0.25) is 0 Å². The molecule has 0 atom stereocenters. The average Bonchev–Trinajstić information content (AvgIpc) is 3.32. The summed E-state index contributed by atoms with van der Waals surface area (Å²) in [6, 6.07) is 12.5. The number of nitrogens with zero attached hydrogens (tertiary/aromatic N) is 1. The van der Waals surface area contributed by atoms with Crippen LogP contribution in [0, 0.1) is 18.6 Å². The third kappa shape index (κ3) is 3.14. The zero-order valence-electron chi connectivity index (χ0n) is 14.5. The molecule has 2 heterocycles. The molecule has 0 N–H and O–H groups in total. The van der Waals surface area contributed by atoms with Gasteiger partial charge in [0.1, 0.15) is 11.6 Å². The summed E-state index contributed by atoms with van der Waals surface area (Å²) in [6.45, 7) is 3.75. The summed E-state index contributed by atoms with van der Waals surface area (Å²) in [4.78, 5) is 0.0190. The minimum absolute atomic E-state index is 0.0190. The molecule has 0 amide bonds. The zero-order chi connectivity index (χ0) is 19.9. The fourth-order valence-corrected chi connectivity index (χ4v) is 4.41. The molecule has 0 fully saturated rings. The van der Waals surface area contributed by atoms with Crippen molar-refractivity contribution in [2.75, 3.05) is 0 Å². The summed E-state index contributed by atoms with van der Waals surface area (Å²) < 4.78 is 60.1.